The zero-order chi connectivity index (χ0) is 20.3. The monoisotopic (exact) mass is 384 g/mol. The van der Waals surface area contributed by atoms with Crippen molar-refractivity contribution < 1.29 is 35.9 Å². The van der Waals surface area contributed by atoms with Crippen LogP contribution in [0.2, 0.25) is 0 Å². The standard InChI is InChI=1S/C16H18F6N2O2/c1-4-8(2)23-13(25)9(3)24-14(26)10-5-11(15(17,18)19)7-12(6-10)16(20,21)22/h5-9H,4H2,1-3H3,(H,23,25)(H,24,26). The zero-order valence-electron chi connectivity index (χ0n) is 14.2. The van der Waals surface area contributed by atoms with E-state index in [1.807, 2.05) is 0 Å². The molecule has 4 nitrogen and oxygen atoms in total. The number of alkyl halides is 6. The van der Waals surface area contributed by atoms with E-state index in [-0.39, 0.29) is 12.1 Å². The first-order valence-corrected chi connectivity index (χ1v) is 7.66. The molecule has 0 saturated heterocycles. The van der Waals surface area contributed by atoms with Gasteiger partial charge >= 0.3 is 12.4 Å². The highest BCUT2D eigenvalue weighted by atomic mass is 19.4. The molecule has 0 aliphatic carbocycles. The molecule has 1 aromatic rings. The maximum Gasteiger partial charge on any atom is 0.416 e. The SMILES string of the molecule is CCC(C)NC(=O)C(C)NC(=O)c1cc(C(F)(F)F)cc(C(F)(F)F)c1. The largest absolute Gasteiger partial charge is 0.416 e. The van der Waals surface area contributed by atoms with Crippen molar-refractivity contribution in [1.82, 2.24) is 10.6 Å². The van der Waals surface area contributed by atoms with Gasteiger partial charge in [-0.2, -0.15) is 26.3 Å². The summed E-state index contributed by atoms with van der Waals surface area (Å²) < 4.78 is 76.9. The molecule has 2 atom stereocenters. The summed E-state index contributed by atoms with van der Waals surface area (Å²) in [6.45, 7) is 4.78. The maximum absolute atomic E-state index is 12.8. The maximum atomic E-state index is 12.8. The number of hydrogen-bond donors (Lipinski definition) is 2. The van der Waals surface area contributed by atoms with Crippen LogP contribution in [0.15, 0.2) is 18.2 Å². The van der Waals surface area contributed by atoms with Gasteiger partial charge in [-0.05, 0) is 38.5 Å². The van der Waals surface area contributed by atoms with E-state index in [1.165, 1.54) is 6.92 Å². The van der Waals surface area contributed by atoms with Gasteiger partial charge in [-0.1, -0.05) is 6.92 Å². The molecule has 0 radical (unpaired) electrons. The minimum absolute atomic E-state index is 0.0736. The normalized spacial score (nSPS) is 14.5. The lowest BCUT2D eigenvalue weighted by molar-refractivity contribution is -0.143. The molecule has 1 rings (SSSR count). The Balaban J connectivity index is 3.10. The molecule has 2 amide bonds. The smallest absolute Gasteiger partial charge is 0.352 e. The van der Waals surface area contributed by atoms with Gasteiger partial charge in [-0.25, -0.2) is 0 Å². The van der Waals surface area contributed by atoms with Crippen LogP contribution in [-0.2, 0) is 17.1 Å². The molecule has 2 unspecified atom stereocenters. The zero-order valence-corrected chi connectivity index (χ0v) is 14.2. The van der Waals surface area contributed by atoms with Crippen molar-refractivity contribution in [3.8, 4) is 0 Å². The predicted octanol–water partition coefficient (Wildman–Crippen LogP) is 3.76. The van der Waals surface area contributed by atoms with Gasteiger partial charge in [0.05, 0.1) is 11.1 Å². The van der Waals surface area contributed by atoms with Crippen LogP contribution < -0.4 is 10.6 Å². The second-order valence-corrected chi connectivity index (χ2v) is 5.81. The Bertz CT molecular complexity index is 637. The van der Waals surface area contributed by atoms with E-state index in [9.17, 15) is 35.9 Å². The minimum atomic E-state index is -5.06. The Hall–Kier alpha value is -2.26. The van der Waals surface area contributed by atoms with Crippen LogP contribution in [0, 0.1) is 0 Å². The molecule has 1 aromatic carbocycles. The molecule has 0 aromatic heterocycles. The summed E-state index contributed by atoms with van der Waals surface area (Å²) in [5.41, 5.74) is -4.04. The minimum Gasteiger partial charge on any atom is -0.352 e. The number of amides is 2. The molecule has 0 aliphatic heterocycles. The van der Waals surface area contributed by atoms with Crippen molar-refractivity contribution in [2.75, 3.05) is 0 Å². The number of carbonyl (C=O) groups excluding carboxylic acids is 2. The summed E-state index contributed by atoms with van der Waals surface area (Å²) in [5, 5.41) is 4.64. The summed E-state index contributed by atoms with van der Waals surface area (Å²) in [6.07, 6.45) is -9.51. The molecule has 0 fully saturated rings. The Morgan fingerprint density at radius 2 is 1.38 bits per heavy atom. The number of benzene rings is 1. The van der Waals surface area contributed by atoms with E-state index >= 15 is 0 Å². The molecular formula is C16H18F6N2O2. The van der Waals surface area contributed by atoms with Crippen LogP contribution >= 0.6 is 0 Å². The lowest BCUT2D eigenvalue weighted by Crippen LogP contribution is -2.47. The second-order valence-electron chi connectivity index (χ2n) is 5.81. The Labute approximate surface area is 145 Å². The van der Waals surface area contributed by atoms with Crippen LogP contribution in [0.5, 0.6) is 0 Å². The first-order chi connectivity index (χ1) is 11.8. The first-order valence-electron chi connectivity index (χ1n) is 7.66. The van der Waals surface area contributed by atoms with Gasteiger partial charge < -0.3 is 10.6 Å². The Morgan fingerprint density at radius 1 is 0.923 bits per heavy atom. The average Bonchev–Trinajstić information content (AvgIpc) is 2.52. The van der Waals surface area contributed by atoms with Crippen molar-refractivity contribution in [2.24, 2.45) is 0 Å². The Morgan fingerprint density at radius 3 is 1.77 bits per heavy atom. The highest BCUT2D eigenvalue weighted by molar-refractivity contribution is 5.97. The average molecular weight is 384 g/mol. The summed E-state index contributed by atoms with van der Waals surface area (Å²) >= 11 is 0. The Kier molecular flexibility index (Phi) is 6.67. The van der Waals surface area contributed by atoms with E-state index in [0.717, 1.165) is 0 Å². The van der Waals surface area contributed by atoms with Gasteiger partial charge in [0.2, 0.25) is 5.91 Å². The molecule has 2 N–H and O–H groups in total. The third-order valence-electron chi connectivity index (χ3n) is 3.59. The summed E-state index contributed by atoms with van der Waals surface area (Å²) in [4.78, 5) is 23.9. The lowest BCUT2D eigenvalue weighted by Gasteiger charge is -2.18. The van der Waals surface area contributed by atoms with Crippen molar-refractivity contribution in [1.29, 1.82) is 0 Å². The van der Waals surface area contributed by atoms with Crippen LogP contribution in [0.4, 0.5) is 26.3 Å². The fraction of sp³-hybridized carbons (Fsp3) is 0.500. The van der Waals surface area contributed by atoms with E-state index in [4.69, 9.17) is 0 Å². The van der Waals surface area contributed by atoms with Crippen molar-refractivity contribution in [3.63, 3.8) is 0 Å². The number of carbonyl (C=O) groups is 2. The third-order valence-corrected chi connectivity index (χ3v) is 3.59. The van der Waals surface area contributed by atoms with Crippen molar-refractivity contribution in [2.45, 2.75) is 51.6 Å². The predicted molar refractivity (Wildman–Crippen MR) is 81.3 cm³/mol. The topological polar surface area (TPSA) is 58.2 Å². The molecule has 0 saturated carbocycles. The molecule has 0 spiro atoms. The molecular weight excluding hydrogens is 366 g/mol. The number of nitrogens with one attached hydrogen (secondary N) is 2. The number of halogens is 6. The fourth-order valence-electron chi connectivity index (χ4n) is 1.90. The van der Waals surface area contributed by atoms with Crippen molar-refractivity contribution >= 4 is 11.8 Å². The molecule has 0 bridgehead atoms. The van der Waals surface area contributed by atoms with Gasteiger partial charge in [0.15, 0.2) is 0 Å². The van der Waals surface area contributed by atoms with Gasteiger partial charge in [0.25, 0.3) is 5.91 Å². The van der Waals surface area contributed by atoms with Crippen LogP contribution in [0.25, 0.3) is 0 Å². The summed E-state index contributed by atoms with van der Waals surface area (Å²) in [5.74, 6) is -1.82. The van der Waals surface area contributed by atoms with E-state index in [0.29, 0.717) is 18.6 Å². The fourth-order valence-corrected chi connectivity index (χ4v) is 1.90. The molecule has 10 heteroatoms. The first kappa shape index (κ1) is 21.8. The summed E-state index contributed by atoms with van der Waals surface area (Å²) in [7, 11) is 0. The highest BCUT2D eigenvalue weighted by Gasteiger charge is 2.37. The molecule has 0 heterocycles. The number of rotatable bonds is 5. The van der Waals surface area contributed by atoms with Gasteiger partial charge in [0.1, 0.15) is 6.04 Å². The summed E-state index contributed by atoms with van der Waals surface area (Å²) in [6, 6.07) is -0.795. The molecule has 146 valence electrons. The van der Waals surface area contributed by atoms with Crippen LogP contribution in [0.1, 0.15) is 48.7 Å². The lowest BCUT2D eigenvalue weighted by atomic mass is 10.0. The molecule has 26 heavy (non-hydrogen) atoms. The molecule has 0 aliphatic rings. The van der Waals surface area contributed by atoms with Gasteiger partial charge in [-0.3, -0.25) is 9.59 Å². The van der Waals surface area contributed by atoms with E-state index < -0.39 is 46.9 Å². The highest BCUT2D eigenvalue weighted by Crippen LogP contribution is 2.36. The van der Waals surface area contributed by atoms with E-state index in [2.05, 4.69) is 10.6 Å². The second kappa shape index (κ2) is 7.96. The quantitative estimate of drug-likeness (QED) is 0.760. The van der Waals surface area contributed by atoms with Gasteiger partial charge in [0, 0.05) is 11.6 Å². The van der Waals surface area contributed by atoms with E-state index in [1.54, 1.807) is 13.8 Å². The van der Waals surface area contributed by atoms with Crippen LogP contribution in [-0.4, -0.2) is 23.9 Å². The van der Waals surface area contributed by atoms with Crippen LogP contribution in [0.3, 0.4) is 0 Å². The number of hydrogen-bond acceptors (Lipinski definition) is 2. The van der Waals surface area contributed by atoms with Gasteiger partial charge in [-0.15, -0.1) is 0 Å². The third kappa shape index (κ3) is 5.92. The van der Waals surface area contributed by atoms with Crippen molar-refractivity contribution in [3.05, 3.63) is 34.9 Å².